The number of likely N-dealkylation sites (tertiary alicyclic amines) is 3. The van der Waals surface area contributed by atoms with Crippen molar-refractivity contribution in [3.05, 3.63) is 0 Å². The van der Waals surface area contributed by atoms with E-state index in [-0.39, 0.29) is 6.03 Å². The van der Waals surface area contributed by atoms with E-state index in [0.29, 0.717) is 19.0 Å². The number of carboxylic acids is 1. The molecule has 1 N–H and O–H groups in total. The Kier molecular flexibility index (Phi) is 4.33. The first-order chi connectivity index (χ1) is 10.2. The lowest BCUT2D eigenvalue weighted by Gasteiger charge is -2.33. The highest BCUT2D eigenvalue weighted by molar-refractivity contribution is 5.83. The average Bonchev–Trinajstić information content (AvgIpc) is 3.17. The first kappa shape index (κ1) is 14.6. The van der Waals surface area contributed by atoms with Crippen molar-refractivity contribution in [3.63, 3.8) is 0 Å². The van der Waals surface area contributed by atoms with Crippen molar-refractivity contribution in [2.75, 3.05) is 32.7 Å². The Morgan fingerprint density at radius 2 is 1.67 bits per heavy atom. The van der Waals surface area contributed by atoms with E-state index in [2.05, 4.69) is 4.90 Å². The predicted octanol–water partition coefficient (Wildman–Crippen LogP) is 1.22. The number of urea groups is 1. The molecule has 118 valence electrons. The maximum absolute atomic E-state index is 12.6. The second kappa shape index (κ2) is 6.22. The summed E-state index contributed by atoms with van der Waals surface area (Å²) < 4.78 is 0. The number of hydrogen-bond acceptors (Lipinski definition) is 3. The van der Waals surface area contributed by atoms with Gasteiger partial charge in [0.2, 0.25) is 0 Å². The summed E-state index contributed by atoms with van der Waals surface area (Å²) in [6, 6.07) is -0.217. The first-order valence-corrected chi connectivity index (χ1v) is 8.19. The van der Waals surface area contributed by atoms with Crippen molar-refractivity contribution in [1.29, 1.82) is 0 Å². The SMILES string of the molecule is O=C(O)[C@@H]1CCCN1C(=O)N1CCC(N2CCCCC2)C1. The van der Waals surface area contributed by atoms with Crippen LogP contribution in [0.4, 0.5) is 4.79 Å². The number of carboxylic acid groups (broad SMARTS) is 1. The average molecular weight is 295 g/mol. The van der Waals surface area contributed by atoms with Gasteiger partial charge >= 0.3 is 12.0 Å². The molecule has 0 aromatic heterocycles. The largest absolute Gasteiger partial charge is 0.480 e. The minimum atomic E-state index is -0.868. The predicted molar refractivity (Wildman–Crippen MR) is 78.2 cm³/mol. The third-order valence-corrected chi connectivity index (χ3v) is 5.12. The Balaban J connectivity index is 1.57. The fourth-order valence-corrected chi connectivity index (χ4v) is 3.93. The van der Waals surface area contributed by atoms with Gasteiger partial charge < -0.3 is 14.9 Å². The minimum Gasteiger partial charge on any atom is -0.480 e. The summed E-state index contributed by atoms with van der Waals surface area (Å²) in [6.45, 7) is 4.41. The Morgan fingerprint density at radius 1 is 0.905 bits per heavy atom. The van der Waals surface area contributed by atoms with Crippen LogP contribution in [0, 0.1) is 0 Å². The van der Waals surface area contributed by atoms with Crippen LogP contribution in [0.15, 0.2) is 0 Å². The van der Waals surface area contributed by atoms with Gasteiger partial charge in [0.25, 0.3) is 0 Å². The molecule has 3 aliphatic heterocycles. The zero-order valence-electron chi connectivity index (χ0n) is 12.5. The van der Waals surface area contributed by atoms with Gasteiger partial charge in [-0.25, -0.2) is 9.59 Å². The third-order valence-electron chi connectivity index (χ3n) is 5.12. The topological polar surface area (TPSA) is 64.1 Å². The molecule has 3 fully saturated rings. The van der Waals surface area contributed by atoms with E-state index < -0.39 is 12.0 Å². The van der Waals surface area contributed by atoms with E-state index in [1.165, 1.54) is 19.3 Å². The van der Waals surface area contributed by atoms with Gasteiger partial charge in [-0.3, -0.25) is 4.90 Å². The quantitative estimate of drug-likeness (QED) is 0.832. The molecule has 0 radical (unpaired) electrons. The van der Waals surface area contributed by atoms with Crippen LogP contribution >= 0.6 is 0 Å². The van der Waals surface area contributed by atoms with E-state index in [4.69, 9.17) is 0 Å². The number of hydrogen-bond donors (Lipinski definition) is 1. The van der Waals surface area contributed by atoms with Crippen LogP contribution in [0.3, 0.4) is 0 Å². The summed E-state index contributed by atoms with van der Waals surface area (Å²) in [5.41, 5.74) is 0. The van der Waals surface area contributed by atoms with E-state index in [0.717, 1.165) is 39.0 Å². The second-order valence-electron chi connectivity index (χ2n) is 6.46. The van der Waals surface area contributed by atoms with Crippen LogP contribution in [-0.4, -0.2) is 76.6 Å². The van der Waals surface area contributed by atoms with Gasteiger partial charge in [0.15, 0.2) is 0 Å². The van der Waals surface area contributed by atoms with Crippen molar-refractivity contribution < 1.29 is 14.7 Å². The first-order valence-electron chi connectivity index (χ1n) is 8.19. The molecule has 1 unspecified atom stereocenters. The normalized spacial score (nSPS) is 30.9. The highest BCUT2D eigenvalue weighted by Gasteiger charge is 2.39. The van der Waals surface area contributed by atoms with Gasteiger partial charge in [0, 0.05) is 25.7 Å². The zero-order valence-corrected chi connectivity index (χ0v) is 12.5. The van der Waals surface area contributed by atoms with E-state index in [9.17, 15) is 14.7 Å². The van der Waals surface area contributed by atoms with Gasteiger partial charge in [-0.15, -0.1) is 0 Å². The fraction of sp³-hybridized carbons (Fsp3) is 0.867. The van der Waals surface area contributed by atoms with Gasteiger partial charge in [-0.05, 0) is 45.2 Å². The monoisotopic (exact) mass is 295 g/mol. The lowest BCUT2D eigenvalue weighted by molar-refractivity contribution is -0.141. The Morgan fingerprint density at radius 3 is 2.38 bits per heavy atom. The number of carbonyl (C=O) groups is 2. The molecule has 3 saturated heterocycles. The summed E-state index contributed by atoms with van der Waals surface area (Å²) in [6.07, 6.45) is 6.25. The van der Waals surface area contributed by atoms with Crippen LogP contribution in [0.1, 0.15) is 38.5 Å². The maximum Gasteiger partial charge on any atom is 0.326 e. The van der Waals surface area contributed by atoms with E-state index in [1.807, 2.05) is 4.90 Å². The Hall–Kier alpha value is -1.30. The molecular weight excluding hydrogens is 270 g/mol. The zero-order chi connectivity index (χ0) is 14.8. The van der Waals surface area contributed by atoms with Gasteiger partial charge in [0.1, 0.15) is 6.04 Å². The van der Waals surface area contributed by atoms with Gasteiger partial charge in [-0.2, -0.15) is 0 Å². The summed E-state index contributed by atoms with van der Waals surface area (Å²) in [7, 11) is 0. The molecule has 0 bridgehead atoms. The Labute approximate surface area is 125 Å². The molecule has 21 heavy (non-hydrogen) atoms. The Bertz CT molecular complexity index is 409. The van der Waals surface area contributed by atoms with Crippen molar-refractivity contribution in [3.8, 4) is 0 Å². The molecule has 0 aromatic rings. The molecule has 6 nitrogen and oxygen atoms in total. The fourth-order valence-electron chi connectivity index (χ4n) is 3.93. The van der Waals surface area contributed by atoms with Crippen LogP contribution in [0.2, 0.25) is 0 Å². The van der Waals surface area contributed by atoms with Crippen LogP contribution in [0.5, 0.6) is 0 Å². The molecule has 2 atom stereocenters. The number of rotatable bonds is 2. The molecule has 3 heterocycles. The smallest absolute Gasteiger partial charge is 0.326 e. The summed E-state index contributed by atoms with van der Waals surface area (Å²) >= 11 is 0. The second-order valence-corrected chi connectivity index (χ2v) is 6.46. The molecule has 0 spiro atoms. The molecule has 3 rings (SSSR count). The lowest BCUT2D eigenvalue weighted by atomic mass is 10.1. The lowest BCUT2D eigenvalue weighted by Crippen LogP contribution is -2.48. The van der Waals surface area contributed by atoms with Crippen molar-refractivity contribution in [2.45, 2.75) is 50.6 Å². The molecule has 0 aromatic carbocycles. The number of nitrogens with zero attached hydrogens (tertiary/aromatic N) is 3. The van der Waals surface area contributed by atoms with Crippen molar-refractivity contribution >= 4 is 12.0 Å². The summed E-state index contributed by atoms with van der Waals surface area (Å²) in [5, 5.41) is 9.21. The molecule has 0 saturated carbocycles. The summed E-state index contributed by atoms with van der Waals surface area (Å²) in [5.74, 6) is -0.868. The van der Waals surface area contributed by atoms with E-state index >= 15 is 0 Å². The highest BCUT2D eigenvalue weighted by Crippen LogP contribution is 2.24. The van der Waals surface area contributed by atoms with Crippen LogP contribution in [0.25, 0.3) is 0 Å². The third kappa shape index (κ3) is 3.00. The van der Waals surface area contributed by atoms with Gasteiger partial charge in [0.05, 0.1) is 0 Å². The number of aliphatic carboxylic acids is 1. The maximum atomic E-state index is 12.6. The number of amides is 2. The number of piperidine rings is 1. The molecule has 0 aliphatic carbocycles. The number of carbonyl (C=O) groups excluding carboxylic acids is 1. The van der Waals surface area contributed by atoms with Crippen LogP contribution in [-0.2, 0) is 4.79 Å². The molecule has 6 heteroatoms. The van der Waals surface area contributed by atoms with E-state index in [1.54, 1.807) is 4.90 Å². The molecule has 3 aliphatic rings. The van der Waals surface area contributed by atoms with Crippen LogP contribution < -0.4 is 0 Å². The standard InChI is InChI=1S/C15H25N3O3/c19-14(20)13-5-4-9-18(13)15(21)17-10-6-12(11-17)16-7-2-1-3-8-16/h12-13H,1-11H2,(H,19,20)/t12?,13-/m0/s1. The van der Waals surface area contributed by atoms with Crippen molar-refractivity contribution in [2.24, 2.45) is 0 Å². The highest BCUT2D eigenvalue weighted by atomic mass is 16.4. The van der Waals surface area contributed by atoms with Gasteiger partial charge in [-0.1, -0.05) is 6.42 Å². The minimum absolute atomic E-state index is 0.0700. The van der Waals surface area contributed by atoms with Crippen molar-refractivity contribution in [1.82, 2.24) is 14.7 Å². The molecule has 2 amide bonds. The molecular formula is C15H25N3O3. The summed E-state index contributed by atoms with van der Waals surface area (Å²) in [4.78, 5) is 29.7.